The van der Waals surface area contributed by atoms with E-state index in [2.05, 4.69) is 10.3 Å². The Balaban J connectivity index is 1.58. The molecule has 0 spiro atoms. The predicted molar refractivity (Wildman–Crippen MR) is 82.9 cm³/mol. The molecule has 1 saturated heterocycles. The molecule has 0 radical (unpaired) electrons. The Labute approximate surface area is 131 Å². The van der Waals surface area contributed by atoms with E-state index < -0.39 is 0 Å². The van der Waals surface area contributed by atoms with Crippen LogP contribution in [0, 0.1) is 5.92 Å². The molecule has 3 rings (SSSR count). The van der Waals surface area contributed by atoms with E-state index >= 15 is 0 Å². The van der Waals surface area contributed by atoms with Gasteiger partial charge in [-0.2, -0.15) is 0 Å². The van der Waals surface area contributed by atoms with Crippen molar-refractivity contribution in [3.05, 3.63) is 30.1 Å². The van der Waals surface area contributed by atoms with Gasteiger partial charge in [0, 0.05) is 31.4 Å². The van der Waals surface area contributed by atoms with Gasteiger partial charge in [0.05, 0.1) is 12.0 Å². The van der Waals surface area contributed by atoms with Crippen LogP contribution in [-0.2, 0) is 9.59 Å². The maximum atomic E-state index is 12.4. The molecule has 1 aliphatic heterocycles. The fraction of sp³-hybridized carbons (Fsp3) is 0.588. The molecule has 22 heavy (non-hydrogen) atoms. The summed E-state index contributed by atoms with van der Waals surface area (Å²) < 4.78 is 0. The van der Waals surface area contributed by atoms with Gasteiger partial charge in [0.25, 0.3) is 0 Å². The SMILES string of the molecule is CC(NC(=O)C1CC(=O)N(C2CCCC2)C1)c1ccncc1. The second-order valence-corrected chi connectivity index (χ2v) is 6.40. The first kappa shape index (κ1) is 15.0. The summed E-state index contributed by atoms with van der Waals surface area (Å²) in [7, 11) is 0. The molecule has 1 aromatic heterocycles. The molecule has 0 bridgehead atoms. The lowest BCUT2D eigenvalue weighted by Crippen LogP contribution is -2.37. The first-order valence-electron chi connectivity index (χ1n) is 8.15. The number of hydrogen-bond acceptors (Lipinski definition) is 3. The number of aromatic nitrogens is 1. The molecule has 5 nitrogen and oxygen atoms in total. The summed E-state index contributed by atoms with van der Waals surface area (Å²) >= 11 is 0. The highest BCUT2D eigenvalue weighted by molar-refractivity contribution is 5.89. The van der Waals surface area contributed by atoms with Crippen LogP contribution in [0.5, 0.6) is 0 Å². The normalized spacial score (nSPS) is 23.8. The lowest BCUT2D eigenvalue weighted by Gasteiger charge is -2.24. The lowest BCUT2D eigenvalue weighted by molar-refractivity contribution is -0.130. The molecule has 2 heterocycles. The van der Waals surface area contributed by atoms with Crippen LogP contribution in [0.2, 0.25) is 0 Å². The average molecular weight is 301 g/mol. The van der Waals surface area contributed by atoms with E-state index in [9.17, 15) is 9.59 Å². The highest BCUT2D eigenvalue weighted by Crippen LogP contribution is 2.29. The van der Waals surface area contributed by atoms with Gasteiger partial charge in [-0.1, -0.05) is 12.8 Å². The topological polar surface area (TPSA) is 62.3 Å². The summed E-state index contributed by atoms with van der Waals surface area (Å²) in [5, 5.41) is 3.02. The molecule has 1 saturated carbocycles. The van der Waals surface area contributed by atoms with E-state index in [-0.39, 0.29) is 23.8 Å². The Morgan fingerprint density at radius 2 is 2.00 bits per heavy atom. The van der Waals surface area contributed by atoms with Crippen molar-refractivity contribution in [2.75, 3.05) is 6.54 Å². The minimum Gasteiger partial charge on any atom is -0.349 e. The molecule has 2 aliphatic rings. The summed E-state index contributed by atoms with van der Waals surface area (Å²) in [6.45, 7) is 2.54. The monoisotopic (exact) mass is 301 g/mol. The number of pyridine rings is 1. The fourth-order valence-electron chi connectivity index (χ4n) is 3.54. The molecular formula is C17H23N3O2. The fourth-order valence-corrected chi connectivity index (χ4v) is 3.54. The van der Waals surface area contributed by atoms with E-state index in [1.54, 1.807) is 12.4 Å². The number of carbonyl (C=O) groups excluding carboxylic acids is 2. The summed E-state index contributed by atoms with van der Waals surface area (Å²) in [5.41, 5.74) is 1.03. The van der Waals surface area contributed by atoms with Crippen molar-refractivity contribution in [3.63, 3.8) is 0 Å². The first-order valence-corrected chi connectivity index (χ1v) is 8.15. The summed E-state index contributed by atoms with van der Waals surface area (Å²) in [6.07, 6.45) is 8.37. The maximum Gasteiger partial charge on any atom is 0.225 e. The zero-order valence-electron chi connectivity index (χ0n) is 13.0. The predicted octanol–water partition coefficient (Wildman–Crippen LogP) is 2.05. The van der Waals surface area contributed by atoms with E-state index in [0.29, 0.717) is 19.0 Å². The minimum atomic E-state index is -0.211. The Morgan fingerprint density at radius 3 is 2.68 bits per heavy atom. The minimum absolute atomic E-state index is 0.0156. The van der Waals surface area contributed by atoms with Gasteiger partial charge in [0.2, 0.25) is 11.8 Å². The van der Waals surface area contributed by atoms with Crippen molar-refractivity contribution >= 4 is 11.8 Å². The standard InChI is InChI=1S/C17H23N3O2/c1-12(13-6-8-18-9-7-13)19-17(22)14-10-16(21)20(11-14)15-4-2-3-5-15/h6-9,12,14-15H,2-5,10-11H2,1H3,(H,19,22). The Hall–Kier alpha value is -1.91. The highest BCUT2D eigenvalue weighted by Gasteiger charge is 2.38. The highest BCUT2D eigenvalue weighted by atomic mass is 16.2. The largest absolute Gasteiger partial charge is 0.349 e. The van der Waals surface area contributed by atoms with Gasteiger partial charge < -0.3 is 10.2 Å². The van der Waals surface area contributed by atoms with Gasteiger partial charge in [-0.15, -0.1) is 0 Å². The Morgan fingerprint density at radius 1 is 1.32 bits per heavy atom. The van der Waals surface area contributed by atoms with Crippen molar-refractivity contribution in [2.45, 2.75) is 51.1 Å². The van der Waals surface area contributed by atoms with Crippen LogP contribution in [0.25, 0.3) is 0 Å². The number of amides is 2. The third kappa shape index (κ3) is 3.13. The van der Waals surface area contributed by atoms with Gasteiger partial charge in [0.15, 0.2) is 0 Å². The van der Waals surface area contributed by atoms with Crippen molar-refractivity contribution in [3.8, 4) is 0 Å². The molecule has 2 atom stereocenters. The zero-order chi connectivity index (χ0) is 15.5. The number of rotatable bonds is 4. The molecule has 118 valence electrons. The van der Waals surface area contributed by atoms with Crippen molar-refractivity contribution < 1.29 is 9.59 Å². The summed E-state index contributed by atoms with van der Waals surface area (Å²) in [6, 6.07) is 4.10. The van der Waals surface area contributed by atoms with Crippen molar-refractivity contribution in [1.29, 1.82) is 0 Å². The summed E-state index contributed by atoms with van der Waals surface area (Å²) in [5.74, 6) is -0.0841. The van der Waals surface area contributed by atoms with Gasteiger partial charge in [-0.05, 0) is 37.5 Å². The van der Waals surface area contributed by atoms with Crippen LogP contribution < -0.4 is 5.32 Å². The molecule has 5 heteroatoms. The van der Waals surface area contributed by atoms with Crippen LogP contribution in [0.3, 0.4) is 0 Å². The number of nitrogens with one attached hydrogen (secondary N) is 1. The Bertz CT molecular complexity index is 540. The lowest BCUT2D eigenvalue weighted by atomic mass is 10.1. The van der Waals surface area contributed by atoms with Crippen molar-refractivity contribution in [1.82, 2.24) is 15.2 Å². The van der Waals surface area contributed by atoms with Crippen LogP contribution in [0.4, 0.5) is 0 Å². The van der Waals surface area contributed by atoms with Gasteiger partial charge >= 0.3 is 0 Å². The number of carbonyl (C=O) groups is 2. The third-order valence-corrected chi connectivity index (χ3v) is 4.86. The smallest absolute Gasteiger partial charge is 0.225 e. The molecule has 2 amide bonds. The quantitative estimate of drug-likeness (QED) is 0.926. The first-order chi connectivity index (χ1) is 10.6. The van der Waals surface area contributed by atoms with E-state index in [1.165, 1.54) is 12.8 Å². The molecular weight excluding hydrogens is 278 g/mol. The van der Waals surface area contributed by atoms with E-state index in [1.807, 2.05) is 24.0 Å². The van der Waals surface area contributed by atoms with Crippen LogP contribution in [0.15, 0.2) is 24.5 Å². The molecule has 2 unspecified atom stereocenters. The molecule has 0 aromatic carbocycles. The van der Waals surface area contributed by atoms with Gasteiger partial charge in [0.1, 0.15) is 0 Å². The second kappa shape index (κ2) is 6.46. The number of nitrogens with zero attached hydrogens (tertiary/aromatic N) is 2. The summed E-state index contributed by atoms with van der Waals surface area (Å²) in [4.78, 5) is 30.5. The van der Waals surface area contributed by atoms with Gasteiger partial charge in [-0.3, -0.25) is 14.6 Å². The van der Waals surface area contributed by atoms with E-state index in [0.717, 1.165) is 18.4 Å². The number of hydrogen-bond donors (Lipinski definition) is 1. The molecule has 1 N–H and O–H groups in total. The zero-order valence-corrected chi connectivity index (χ0v) is 13.0. The Kier molecular flexibility index (Phi) is 4.41. The maximum absolute atomic E-state index is 12.4. The van der Waals surface area contributed by atoms with E-state index in [4.69, 9.17) is 0 Å². The molecule has 2 fully saturated rings. The van der Waals surface area contributed by atoms with Crippen molar-refractivity contribution in [2.24, 2.45) is 5.92 Å². The number of likely N-dealkylation sites (tertiary alicyclic amines) is 1. The average Bonchev–Trinajstić information content (AvgIpc) is 3.17. The van der Waals surface area contributed by atoms with Crippen LogP contribution in [-0.4, -0.2) is 34.3 Å². The molecule has 1 aromatic rings. The molecule has 1 aliphatic carbocycles. The third-order valence-electron chi connectivity index (χ3n) is 4.86. The van der Waals surface area contributed by atoms with Gasteiger partial charge in [-0.25, -0.2) is 0 Å². The van der Waals surface area contributed by atoms with Crippen LogP contribution >= 0.6 is 0 Å². The van der Waals surface area contributed by atoms with Crippen LogP contribution in [0.1, 0.15) is 50.6 Å². The second-order valence-electron chi connectivity index (χ2n) is 6.40.